The Morgan fingerprint density at radius 1 is 1.32 bits per heavy atom. The molecule has 0 aromatic heterocycles. The highest BCUT2D eigenvalue weighted by Crippen LogP contribution is 2.33. The lowest BCUT2D eigenvalue weighted by atomic mass is 10.1. The van der Waals surface area contributed by atoms with Gasteiger partial charge in [0.15, 0.2) is 0 Å². The highest BCUT2D eigenvalue weighted by Gasteiger charge is 2.27. The summed E-state index contributed by atoms with van der Waals surface area (Å²) in [6.07, 6.45) is 0.168. The van der Waals surface area contributed by atoms with Gasteiger partial charge >= 0.3 is 0 Å². The Morgan fingerprint density at radius 2 is 1.95 bits per heavy atom. The van der Waals surface area contributed by atoms with Crippen LogP contribution in [0.15, 0.2) is 17.0 Å². The third kappa shape index (κ3) is 2.31. The molecular formula is C12H17N3O3S. The van der Waals surface area contributed by atoms with E-state index in [9.17, 15) is 13.2 Å². The zero-order valence-electron chi connectivity index (χ0n) is 10.9. The van der Waals surface area contributed by atoms with Crippen LogP contribution < -0.4 is 11.1 Å². The van der Waals surface area contributed by atoms with E-state index >= 15 is 0 Å². The quantitative estimate of drug-likeness (QED) is 0.799. The topological polar surface area (TPSA) is 92.5 Å². The van der Waals surface area contributed by atoms with E-state index in [1.54, 1.807) is 13.8 Å². The molecule has 6 nitrogen and oxygen atoms in total. The van der Waals surface area contributed by atoms with Gasteiger partial charge < -0.3 is 11.1 Å². The third-order valence-corrected chi connectivity index (χ3v) is 5.21. The van der Waals surface area contributed by atoms with Crippen LogP contribution >= 0.6 is 0 Å². The summed E-state index contributed by atoms with van der Waals surface area (Å²) in [6, 6.07) is 2.93. The first-order chi connectivity index (χ1) is 8.90. The Hall–Kier alpha value is -1.60. The largest absolute Gasteiger partial charge is 0.397 e. The molecule has 19 heavy (non-hydrogen) atoms. The van der Waals surface area contributed by atoms with Crippen LogP contribution in [0, 0.1) is 0 Å². The first-order valence-electron chi connectivity index (χ1n) is 6.12. The molecule has 3 N–H and O–H groups in total. The summed E-state index contributed by atoms with van der Waals surface area (Å²) >= 11 is 0. The molecule has 0 radical (unpaired) electrons. The number of nitrogens with zero attached hydrogens (tertiary/aromatic N) is 1. The van der Waals surface area contributed by atoms with Crippen molar-refractivity contribution < 1.29 is 13.2 Å². The second-order valence-corrected chi connectivity index (χ2v) is 6.30. The number of carbonyl (C=O) groups is 1. The van der Waals surface area contributed by atoms with E-state index in [-0.39, 0.29) is 22.9 Å². The Balaban J connectivity index is 2.51. The van der Waals surface area contributed by atoms with Crippen LogP contribution in [0.3, 0.4) is 0 Å². The monoisotopic (exact) mass is 283 g/mol. The van der Waals surface area contributed by atoms with Crippen LogP contribution in [0.25, 0.3) is 0 Å². The lowest BCUT2D eigenvalue weighted by Crippen LogP contribution is -2.30. The van der Waals surface area contributed by atoms with Crippen molar-refractivity contribution in [1.29, 1.82) is 0 Å². The van der Waals surface area contributed by atoms with Gasteiger partial charge in [0.05, 0.1) is 22.7 Å². The molecule has 7 heteroatoms. The first kappa shape index (κ1) is 13.8. The average molecular weight is 283 g/mol. The molecule has 1 aromatic carbocycles. The van der Waals surface area contributed by atoms with E-state index in [1.807, 2.05) is 0 Å². The smallest absolute Gasteiger partial charge is 0.243 e. The van der Waals surface area contributed by atoms with Crippen molar-refractivity contribution in [2.24, 2.45) is 0 Å². The minimum absolute atomic E-state index is 0.143. The molecule has 0 unspecified atom stereocenters. The molecule has 1 aromatic rings. The summed E-state index contributed by atoms with van der Waals surface area (Å²) in [4.78, 5) is 11.5. The number of rotatable bonds is 4. The van der Waals surface area contributed by atoms with Crippen molar-refractivity contribution in [2.45, 2.75) is 25.2 Å². The fourth-order valence-corrected chi connectivity index (χ4v) is 3.75. The van der Waals surface area contributed by atoms with Crippen LogP contribution in [0.2, 0.25) is 0 Å². The maximum Gasteiger partial charge on any atom is 0.243 e. The Labute approximate surface area is 112 Å². The molecule has 0 atom stereocenters. The summed E-state index contributed by atoms with van der Waals surface area (Å²) in [5.41, 5.74) is 7.27. The second kappa shape index (κ2) is 4.82. The van der Waals surface area contributed by atoms with Gasteiger partial charge in [-0.05, 0) is 17.7 Å². The fourth-order valence-electron chi connectivity index (χ4n) is 2.21. The summed E-state index contributed by atoms with van der Waals surface area (Å²) in [6.45, 7) is 4.35. The molecule has 0 bridgehead atoms. The number of benzene rings is 1. The number of amides is 1. The van der Waals surface area contributed by atoms with Gasteiger partial charge in [-0.25, -0.2) is 8.42 Å². The number of hydrogen-bond donors (Lipinski definition) is 2. The normalized spacial score (nSPS) is 14.6. The van der Waals surface area contributed by atoms with Crippen LogP contribution in [0.1, 0.15) is 19.4 Å². The van der Waals surface area contributed by atoms with E-state index in [0.717, 1.165) is 0 Å². The number of fused-ring (bicyclic) bond motifs is 1. The van der Waals surface area contributed by atoms with Crippen LogP contribution in [-0.2, 0) is 21.2 Å². The summed E-state index contributed by atoms with van der Waals surface area (Å²) in [7, 11) is -3.55. The van der Waals surface area contributed by atoms with Crippen LogP contribution in [0.4, 0.5) is 11.4 Å². The van der Waals surface area contributed by atoms with E-state index in [0.29, 0.717) is 24.3 Å². The van der Waals surface area contributed by atoms with Gasteiger partial charge in [-0.1, -0.05) is 13.8 Å². The van der Waals surface area contributed by atoms with Crippen molar-refractivity contribution >= 4 is 27.3 Å². The molecule has 104 valence electrons. The summed E-state index contributed by atoms with van der Waals surface area (Å²) in [5, 5.41) is 2.63. The Morgan fingerprint density at radius 3 is 2.53 bits per heavy atom. The molecule has 1 amide bonds. The average Bonchev–Trinajstić information content (AvgIpc) is 2.71. The van der Waals surface area contributed by atoms with Gasteiger partial charge in [-0.15, -0.1) is 0 Å². The van der Waals surface area contributed by atoms with Crippen LogP contribution in [0.5, 0.6) is 0 Å². The zero-order valence-corrected chi connectivity index (χ0v) is 11.8. The number of anilines is 2. The third-order valence-electron chi connectivity index (χ3n) is 3.18. The number of nitrogens with one attached hydrogen (secondary N) is 1. The summed E-state index contributed by atoms with van der Waals surface area (Å²) in [5.74, 6) is -0.168. The van der Waals surface area contributed by atoms with E-state index in [1.165, 1.54) is 16.4 Å². The molecule has 0 fully saturated rings. The highest BCUT2D eigenvalue weighted by molar-refractivity contribution is 7.89. The molecule has 0 spiro atoms. The molecule has 2 rings (SSSR count). The molecule has 1 aliphatic heterocycles. The van der Waals surface area contributed by atoms with Crippen molar-refractivity contribution in [2.75, 3.05) is 24.1 Å². The maximum atomic E-state index is 12.4. The predicted molar refractivity (Wildman–Crippen MR) is 73.3 cm³/mol. The van der Waals surface area contributed by atoms with Gasteiger partial charge in [-0.3, -0.25) is 4.79 Å². The van der Waals surface area contributed by atoms with Crippen molar-refractivity contribution in [1.82, 2.24) is 4.31 Å². The highest BCUT2D eigenvalue weighted by atomic mass is 32.2. The lowest BCUT2D eigenvalue weighted by molar-refractivity contribution is -0.115. The number of sulfonamides is 1. The van der Waals surface area contributed by atoms with Gasteiger partial charge in [0.25, 0.3) is 0 Å². The maximum absolute atomic E-state index is 12.4. The molecule has 1 aliphatic rings. The number of hydrogen-bond acceptors (Lipinski definition) is 4. The number of nitrogen functional groups attached to an aromatic ring is 1. The van der Waals surface area contributed by atoms with Gasteiger partial charge in [0.2, 0.25) is 15.9 Å². The van der Waals surface area contributed by atoms with E-state index in [4.69, 9.17) is 5.73 Å². The van der Waals surface area contributed by atoms with Crippen LogP contribution in [-0.4, -0.2) is 31.7 Å². The van der Waals surface area contributed by atoms with Crippen molar-refractivity contribution in [3.05, 3.63) is 17.7 Å². The van der Waals surface area contributed by atoms with Gasteiger partial charge in [-0.2, -0.15) is 4.31 Å². The van der Waals surface area contributed by atoms with Gasteiger partial charge in [0.1, 0.15) is 0 Å². The van der Waals surface area contributed by atoms with Crippen molar-refractivity contribution in [3.8, 4) is 0 Å². The minimum Gasteiger partial charge on any atom is -0.397 e. The Bertz CT molecular complexity index is 621. The molecule has 0 saturated carbocycles. The molecule has 0 aliphatic carbocycles. The number of carbonyl (C=O) groups excluding carboxylic acids is 1. The van der Waals surface area contributed by atoms with E-state index in [2.05, 4.69) is 5.32 Å². The molecule has 1 heterocycles. The Kier molecular flexibility index (Phi) is 3.51. The summed E-state index contributed by atoms with van der Waals surface area (Å²) < 4.78 is 26.1. The van der Waals surface area contributed by atoms with Crippen molar-refractivity contribution in [3.63, 3.8) is 0 Å². The predicted octanol–water partition coefficient (Wildman–Crippen LogP) is 0.794. The number of nitrogens with two attached hydrogens (primary N) is 1. The second-order valence-electron chi connectivity index (χ2n) is 4.36. The lowest BCUT2D eigenvalue weighted by Gasteiger charge is -2.19. The first-order valence-corrected chi connectivity index (χ1v) is 7.56. The molecular weight excluding hydrogens is 266 g/mol. The molecule has 0 saturated heterocycles. The van der Waals surface area contributed by atoms with E-state index < -0.39 is 10.0 Å². The van der Waals surface area contributed by atoms with Gasteiger partial charge in [0, 0.05) is 13.1 Å². The SMILES string of the molecule is CCN(CC)S(=O)(=O)c1cc(N)c2c(c1)CC(=O)N2. The fraction of sp³-hybridized carbons (Fsp3) is 0.417. The minimum atomic E-state index is -3.55. The zero-order chi connectivity index (χ0) is 14.2. The standard InChI is InChI=1S/C12H17N3O3S/c1-3-15(4-2)19(17,18)9-5-8-6-11(16)14-12(8)10(13)7-9/h5,7H,3-4,6,13H2,1-2H3,(H,14,16).